The Morgan fingerprint density at radius 3 is 2.82 bits per heavy atom. The van der Waals surface area contributed by atoms with Crippen molar-refractivity contribution in [3.8, 4) is 5.75 Å². The summed E-state index contributed by atoms with van der Waals surface area (Å²) in [5.41, 5.74) is 1.30. The Balaban J connectivity index is 2.60. The number of amides is 1. The third-order valence-electron chi connectivity index (χ3n) is 2.61. The van der Waals surface area contributed by atoms with Gasteiger partial charge in [-0.2, -0.15) is 0 Å². The molecule has 1 aromatic rings. The van der Waals surface area contributed by atoms with E-state index < -0.39 is 0 Å². The Kier molecular flexibility index (Phi) is 5.48. The van der Waals surface area contributed by atoms with Crippen LogP contribution in [0.3, 0.4) is 0 Å². The molecule has 4 heteroatoms. The predicted octanol–water partition coefficient (Wildman–Crippen LogP) is 2.99. The van der Waals surface area contributed by atoms with E-state index in [9.17, 15) is 9.90 Å². The molecule has 1 rings (SSSR count). The van der Waals surface area contributed by atoms with E-state index in [0.717, 1.165) is 18.2 Å². The monoisotopic (exact) mass is 299 g/mol. The van der Waals surface area contributed by atoms with Gasteiger partial charge in [-0.05, 0) is 50.5 Å². The molecule has 0 spiro atoms. The van der Waals surface area contributed by atoms with E-state index >= 15 is 0 Å². The van der Waals surface area contributed by atoms with E-state index in [1.807, 2.05) is 6.92 Å². The number of hydrogen-bond donors (Lipinski definition) is 2. The molecule has 0 radical (unpaired) electrons. The highest BCUT2D eigenvalue weighted by atomic mass is 79.9. The van der Waals surface area contributed by atoms with Crippen molar-refractivity contribution in [3.63, 3.8) is 0 Å². The minimum atomic E-state index is -0.0878. The summed E-state index contributed by atoms with van der Waals surface area (Å²) in [6, 6.07) is 5.04. The molecule has 0 aromatic heterocycles. The smallest absolute Gasteiger partial charge is 0.251 e. The van der Waals surface area contributed by atoms with Gasteiger partial charge in [0.05, 0.1) is 0 Å². The summed E-state index contributed by atoms with van der Waals surface area (Å²) in [5, 5.41) is 13.3. The van der Waals surface area contributed by atoms with Crippen LogP contribution in [0, 0.1) is 6.92 Å². The fourth-order valence-electron chi connectivity index (χ4n) is 1.56. The molecule has 1 unspecified atom stereocenters. The minimum absolute atomic E-state index is 0.0878. The minimum Gasteiger partial charge on any atom is -0.508 e. The van der Waals surface area contributed by atoms with E-state index in [0.29, 0.717) is 11.1 Å². The average Bonchev–Trinajstić information content (AvgIpc) is 2.30. The fraction of sp³-hybridized carbons (Fsp3) is 0.462. The fourth-order valence-corrected chi connectivity index (χ4v) is 1.88. The summed E-state index contributed by atoms with van der Waals surface area (Å²) in [5.74, 6) is 0.129. The van der Waals surface area contributed by atoms with Gasteiger partial charge in [0.25, 0.3) is 5.91 Å². The average molecular weight is 300 g/mol. The summed E-state index contributed by atoms with van der Waals surface area (Å²) < 4.78 is 0. The van der Waals surface area contributed by atoms with Crippen LogP contribution < -0.4 is 5.32 Å². The van der Waals surface area contributed by atoms with Gasteiger partial charge in [-0.3, -0.25) is 4.79 Å². The number of carbonyl (C=O) groups is 1. The summed E-state index contributed by atoms with van der Waals surface area (Å²) in [7, 11) is 0. The summed E-state index contributed by atoms with van der Waals surface area (Å²) in [4.78, 5) is 11.9. The van der Waals surface area contributed by atoms with Crippen LogP contribution in [-0.4, -0.2) is 22.4 Å². The lowest BCUT2D eigenvalue weighted by molar-refractivity contribution is 0.0938. The van der Waals surface area contributed by atoms with Crippen molar-refractivity contribution in [1.29, 1.82) is 0 Å². The van der Waals surface area contributed by atoms with Gasteiger partial charge >= 0.3 is 0 Å². The number of rotatable bonds is 5. The van der Waals surface area contributed by atoms with E-state index in [4.69, 9.17) is 0 Å². The third-order valence-corrected chi connectivity index (χ3v) is 3.17. The van der Waals surface area contributed by atoms with Gasteiger partial charge in [0.2, 0.25) is 0 Å². The molecule has 0 aliphatic carbocycles. The molecule has 1 atom stereocenters. The zero-order valence-electron chi connectivity index (χ0n) is 10.2. The number of nitrogens with one attached hydrogen (secondary N) is 1. The highest BCUT2D eigenvalue weighted by Crippen LogP contribution is 2.17. The second-order valence-electron chi connectivity index (χ2n) is 4.21. The van der Waals surface area contributed by atoms with Crippen LogP contribution in [0.2, 0.25) is 0 Å². The van der Waals surface area contributed by atoms with Crippen LogP contribution in [0.4, 0.5) is 0 Å². The first-order valence-electron chi connectivity index (χ1n) is 5.71. The molecule has 0 fully saturated rings. The maximum absolute atomic E-state index is 11.9. The first-order valence-corrected chi connectivity index (χ1v) is 6.83. The van der Waals surface area contributed by atoms with E-state index in [1.165, 1.54) is 0 Å². The molecule has 2 N–H and O–H groups in total. The van der Waals surface area contributed by atoms with Gasteiger partial charge in [-0.15, -0.1) is 0 Å². The molecular weight excluding hydrogens is 282 g/mol. The lowest BCUT2D eigenvalue weighted by atomic mass is 10.1. The Labute approximate surface area is 110 Å². The number of benzene rings is 1. The Hall–Kier alpha value is -1.03. The van der Waals surface area contributed by atoms with Gasteiger partial charge in [0.1, 0.15) is 5.75 Å². The topological polar surface area (TPSA) is 49.3 Å². The van der Waals surface area contributed by atoms with E-state index in [1.54, 1.807) is 25.1 Å². The van der Waals surface area contributed by atoms with Crippen molar-refractivity contribution in [1.82, 2.24) is 5.32 Å². The molecule has 0 bridgehead atoms. The Bertz CT molecular complexity index is 393. The van der Waals surface area contributed by atoms with Crippen molar-refractivity contribution in [2.75, 3.05) is 5.33 Å². The molecular formula is C13H18BrNO2. The molecule has 0 saturated carbocycles. The first-order chi connectivity index (χ1) is 8.04. The van der Waals surface area contributed by atoms with Crippen LogP contribution in [0.15, 0.2) is 18.2 Å². The number of halogens is 1. The number of hydrogen-bond acceptors (Lipinski definition) is 2. The van der Waals surface area contributed by atoms with Crippen LogP contribution in [-0.2, 0) is 0 Å². The number of aryl methyl sites for hydroxylation is 1. The van der Waals surface area contributed by atoms with E-state index in [2.05, 4.69) is 21.2 Å². The number of aromatic hydroxyl groups is 1. The molecule has 1 aromatic carbocycles. The predicted molar refractivity (Wildman–Crippen MR) is 72.8 cm³/mol. The summed E-state index contributed by atoms with van der Waals surface area (Å²) >= 11 is 3.37. The highest BCUT2D eigenvalue weighted by molar-refractivity contribution is 9.09. The second kappa shape index (κ2) is 6.64. The van der Waals surface area contributed by atoms with Crippen molar-refractivity contribution in [3.05, 3.63) is 29.3 Å². The van der Waals surface area contributed by atoms with Gasteiger partial charge in [0, 0.05) is 16.9 Å². The standard InChI is InChI=1S/C13H18BrNO2/c1-9-8-11(5-6-12(9)16)13(17)15-10(2)4-3-7-14/h5-6,8,10,16H,3-4,7H2,1-2H3,(H,15,17). The van der Waals surface area contributed by atoms with Crippen LogP contribution in [0.25, 0.3) is 0 Å². The molecule has 0 aliphatic rings. The van der Waals surface area contributed by atoms with Crippen molar-refractivity contribution in [2.24, 2.45) is 0 Å². The lowest BCUT2D eigenvalue weighted by Gasteiger charge is -2.13. The largest absolute Gasteiger partial charge is 0.508 e. The normalized spacial score (nSPS) is 12.2. The summed E-state index contributed by atoms with van der Waals surface area (Å²) in [6.07, 6.45) is 1.99. The zero-order chi connectivity index (χ0) is 12.8. The molecule has 17 heavy (non-hydrogen) atoms. The molecule has 0 aliphatic heterocycles. The molecule has 94 valence electrons. The number of carbonyl (C=O) groups excluding carboxylic acids is 1. The van der Waals surface area contributed by atoms with Crippen LogP contribution in [0.5, 0.6) is 5.75 Å². The molecule has 0 saturated heterocycles. The quantitative estimate of drug-likeness (QED) is 0.821. The van der Waals surface area contributed by atoms with Crippen molar-refractivity contribution >= 4 is 21.8 Å². The number of alkyl halides is 1. The van der Waals surface area contributed by atoms with Crippen LogP contribution in [0.1, 0.15) is 35.7 Å². The lowest BCUT2D eigenvalue weighted by Crippen LogP contribution is -2.32. The number of phenols is 1. The van der Waals surface area contributed by atoms with Gasteiger partial charge in [-0.1, -0.05) is 15.9 Å². The Morgan fingerprint density at radius 2 is 2.24 bits per heavy atom. The first kappa shape index (κ1) is 14.0. The zero-order valence-corrected chi connectivity index (χ0v) is 11.8. The SMILES string of the molecule is Cc1cc(C(=O)NC(C)CCCBr)ccc1O. The van der Waals surface area contributed by atoms with Gasteiger partial charge in [-0.25, -0.2) is 0 Å². The van der Waals surface area contributed by atoms with Crippen molar-refractivity contribution in [2.45, 2.75) is 32.7 Å². The van der Waals surface area contributed by atoms with Crippen molar-refractivity contribution < 1.29 is 9.90 Å². The maximum atomic E-state index is 11.9. The molecule has 3 nitrogen and oxygen atoms in total. The van der Waals surface area contributed by atoms with Gasteiger partial charge in [0.15, 0.2) is 0 Å². The molecule has 0 heterocycles. The third kappa shape index (κ3) is 4.38. The van der Waals surface area contributed by atoms with Gasteiger partial charge < -0.3 is 10.4 Å². The van der Waals surface area contributed by atoms with E-state index in [-0.39, 0.29) is 17.7 Å². The Morgan fingerprint density at radius 1 is 1.53 bits per heavy atom. The number of phenolic OH excluding ortho intramolecular Hbond substituents is 1. The second-order valence-corrected chi connectivity index (χ2v) is 5.00. The molecule has 1 amide bonds. The summed E-state index contributed by atoms with van der Waals surface area (Å²) in [6.45, 7) is 3.77. The maximum Gasteiger partial charge on any atom is 0.251 e. The van der Waals surface area contributed by atoms with Crippen LogP contribution >= 0.6 is 15.9 Å². The highest BCUT2D eigenvalue weighted by Gasteiger charge is 2.10.